The molecule has 0 unspecified atom stereocenters. The Morgan fingerprint density at radius 1 is 0.882 bits per heavy atom. The molecule has 34 heavy (non-hydrogen) atoms. The molecule has 0 radical (unpaired) electrons. The minimum absolute atomic E-state index is 0.134. The molecule has 6 nitrogen and oxygen atoms in total. The van der Waals surface area contributed by atoms with E-state index < -0.39 is 10.0 Å². The number of aryl methyl sites for hydroxylation is 1. The molecule has 3 rings (SSSR count). The van der Waals surface area contributed by atoms with Gasteiger partial charge in [-0.25, -0.2) is 8.42 Å². The number of benzene rings is 2. The molecule has 180 valence electrons. The molecule has 0 bridgehead atoms. The number of carbonyl (C=O) groups excluding carboxylic acids is 1. The second-order valence-electron chi connectivity index (χ2n) is 8.49. The molecule has 0 aliphatic rings. The van der Waals surface area contributed by atoms with Crippen LogP contribution in [-0.4, -0.2) is 32.1 Å². The van der Waals surface area contributed by atoms with Crippen LogP contribution in [0, 0.1) is 0 Å². The number of carbonyl (C=O) groups is 1. The second kappa shape index (κ2) is 12.3. The van der Waals surface area contributed by atoms with Gasteiger partial charge in [-0.3, -0.25) is 14.1 Å². The van der Waals surface area contributed by atoms with Crippen LogP contribution in [0.15, 0.2) is 73.1 Å². The van der Waals surface area contributed by atoms with Gasteiger partial charge in [0.15, 0.2) is 0 Å². The highest BCUT2D eigenvalue weighted by atomic mass is 32.2. The van der Waals surface area contributed by atoms with Crippen LogP contribution in [0.25, 0.3) is 0 Å². The predicted molar refractivity (Wildman–Crippen MR) is 139 cm³/mol. The Hall–Kier alpha value is -3.19. The van der Waals surface area contributed by atoms with Crippen LogP contribution in [0.1, 0.15) is 49.3 Å². The Morgan fingerprint density at radius 2 is 1.50 bits per heavy atom. The van der Waals surface area contributed by atoms with Gasteiger partial charge < -0.3 is 5.32 Å². The monoisotopic (exact) mass is 479 g/mol. The lowest BCUT2D eigenvalue weighted by Crippen LogP contribution is -2.31. The van der Waals surface area contributed by atoms with Gasteiger partial charge in [-0.05, 0) is 78.8 Å². The normalized spacial score (nSPS) is 11.2. The van der Waals surface area contributed by atoms with Crippen LogP contribution in [-0.2, 0) is 27.7 Å². The van der Waals surface area contributed by atoms with Crippen molar-refractivity contribution in [3.8, 4) is 0 Å². The minimum Gasteiger partial charge on any atom is -0.326 e. The molecule has 0 spiro atoms. The topological polar surface area (TPSA) is 79.4 Å². The molecule has 0 saturated carbocycles. The summed E-state index contributed by atoms with van der Waals surface area (Å²) >= 11 is 0. The maximum Gasteiger partial charge on any atom is 0.232 e. The van der Waals surface area contributed by atoms with Crippen molar-refractivity contribution in [2.24, 2.45) is 0 Å². The van der Waals surface area contributed by atoms with Crippen molar-refractivity contribution in [3.63, 3.8) is 0 Å². The van der Waals surface area contributed by atoms with Gasteiger partial charge in [0, 0.05) is 31.0 Å². The molecule has 1 amide bonds. The Kier molecular flexibility index (Phi) is 9.22. The van der Waals surface area contributed by atoms with Crippen LogP contribution in [0.3, 0.4) is 0 Å². The van der Waals surface area contributed by atoms with E-state index in [0.29, 0.717) is 12.1 Å². The fourth-order valence-corrected chi connectivity index (χ4v) is 4.71. The third kappa shape index (κ3) is 7.99. The van der Waals surface area contributed by atoms with Gasteiger partial charge in [-0.2, -0.15) is 0 Å². The Labute approximate surface area is 203 Å². The Bertz CT molecular complexity index is 1150. The molecule has 0 aliphatic carbocycles. The maximum absolute atomic E-state index is 12.4. The molecule has 0 aliphatic heterocycles. The lowest BCUT2D eigenvalue weighted by molar-refractivity contribution is -0.116. The van der Waals surface area contributed by atoms with E-state index in [-0.39, 0.29) is 18.9 Å². The van der Waals surface area contributed by atoms with E-state index in [1.807, 2.05) is 60.7 Å². The molecule has 0 atom stereocenters. The van der Waals surface area contributed by atoms with Crippen molar-refractivity contribution in [2.45, 2.75) is 45.4 Å². The number of nitrogens with zero attached hydrogens (tertiary/aromatic N) is 2. The molecular formula is C27H33N3O3S. The van der Waals surface area contributed by atoms with Crippen molar-refractivity contribution >= 4 is 27.3 Å². The number of sulfonamides is 1. The molecule has 1 aromatic heterocycles. The third-order valence-corrected chi connectivity index (χ3v) is 6.80. The van der Waals surface area contributed by atoms with Crippen molar-refractivity contribution < 1.29 is 13.2 Å². The van der Waals surface area contributed by atoms with E-state index in [2.05, 4.69) is 17.2 Å². The molecule has 2 aromatic carbocycles. The standard InChI is InChI=1S/C27H33N3O3S/c1-3-4-6-22-10-14-26(15-11-22)30(34(2,32)33)20-5-7-27(31)29-25-12-8-23(9-13-25)21-24-16-18-28-19-17-24/h8-19H,3-7,20-21H2,1-2H3,(H,29,31). The van der Waals surface area contributed by atoms with E-state index in [0.717, 1.165) is 36.9 Å². The van der Waals surface area contributed by atoms with Crippen LogP contribution < -0.4 is 9.62 Å². The molecular weight excluding hydrogens is 446 g/mol. The van der Waals surface area contributed by atoms with Crippen LogP contribution in [0.4, 0.5) is 11.4 Å². The fraction of sp³-hybridized carbons (Fsp3) is 0.333. The number of anilines is 2. The lowest BCUT2D eigenvalue weighted by Gasteiger charge is -2.22. The summed E-state index contributed by atoms with van der Waals surface area (Å²) in [6.07, 6.45) is 9.43. The molecule has 1 heterocycles. The van der Waals surface area contributed by atoms with Gasteiger partial charge >= 0.3 is 0 Å². The largest absolute Gasteiger partial charge is 0.326 e. The maximum atomic E-state index is 12.4. The second-order valence-corrected chi connectivity index (χ2v) is 10.4. The van der Waals surface area contributed by atoms with Crippen LogP contribution in [0.5, 0.6) is 0 Å². The summed E-state index contributed by atoms with van der Waals surface area (Å²) in [5.41, 5.74) is 4.89. The predicted octanol–water partition coefficient (Wildman–Crippen LogP) is 5.20. The van der Waals surface area contributed by atoms with Gasteiger partial charge in [0.05, 0.1) is 11.9 Å². The molecule has 0 fully saturated rings. The number of nitrogens with one attached hydrogen (secondary N) is 1. The first-order valence-corrected chi connectivity index (χ1v) is 13.5. The first-order chi connectivity index (χ1) is 16.3. The van der Waals surface area contributed by atoms with Crippen molar-refractivity contribution in [2.75, 3.05) is 22.4 Å². The zero-order chi connectivity index (χ0) is 24.4. The summed E-state index contributed by atoms with van der Waals surface area (Å²) in [6, 6.07) is 19.4. The van der Waals surface area contributed by atoms with Gasteiger partial charge in [0.1, 0.15) is 0 Å². The summed E-state index contributed by atoms with van der Waals surface area (Å²) in [5, 5.41) is 2.90. The number of amides is 1. The first kappa shape index (κ1) is 25.4. The van der Waals surface area contributed by atoms with Gasteiger partial charge in [0.25, 0.3) is 0 Å². The Balaban J connectivity index is 1.51. The van der Waals surface area contributed by atoms with E-state index in [1.165, 1.54) is 21.7 Å². The third-order valence-electron chi connectivity index (χ3n) is 5.60. The zero-order valence-corrected chi connectivity index (χ0v) is 20.7. The number of hydrogen-bond donors (Lipinski definition) is 1. The lowest BCUT2D eigenvalue weighted by atomic mass is 10.1. The van der Waals surface area contributed by atoms with E-state index in [1.54, 1.807) is 12.4 Å². The summed E-state index contributed by atoms with van der Waals surface area (Å²) in [7, 11) is -3.44. The number of unbranched alkanes of at least 4 members (excludes halogenated alkanes) is 1. The summed E-state index contributed by atoms with van der Waals surface area (Å²) in [5.74, 6) is -0.134. The van der Waals surface area contributed by atoms with Crippen molar-refractivity contribution in [1.82, 2.24) is 4.98 Å². The van der Waals surface area contributed by atoms with Crippen molar-refractivity contribution in [3.05, 3.63) is 89.7 Å². The highest BCUT2D eigenvalue weighted by molar-refractivity contribution is 7.92. The number of hydrogen-bond acceptors (Lipinski definition) is 4. The fourth-order valence-electron chi connectivity index (χ4n) is 3.75. The molecule has 1 N–H and O–H groups in total. The average Bonchev–Trinajstić information content (AvgIpc) is 2.82. The van der Waals surface area contributed by atoms with Gasteiger partial charge in [-0.1, -0.05) is 37.6 Å². The highest BCUT2D eigenvalue weighted by Crippen LogP contribution is 2.20. The van der Waals surface area contributed by atoms with E-state index in [4.69, 9.17) is 0 Å². The Morgan fingerprint density at radius 3 is 2.12 bits per heavy atom. The molecule has 3 aromatic rings. The minimum atomic E-state index is -3.44. The number of aromatic nitrogens is 1. The highest BCUT2D eigenvalue weighted by Gasteiger charge is 2.17. The quantitative estimate of drug-likeness (QED) is 0.387. The molecule has 7 heteroatoms. The summed E-state index contributed by atoms with van der Waals surface area (Å²) < 4.78 is 26.1. The summed E-state index contributed by atoms with van der Waals surface area (Å²) in [6.45, 7) is 2.40. The van der Waals surface area contributed by atoms with Gasteiger partial charge in [-0.15, -0.1) is 0 Å². The zero-order valence-electron chi connectivity index (χ0n) is 19.9. The van der Waals surface area contributed by atoms with E-state index in [9.17, 15) is 13.2 Å². The SMILES string of the molecule is CCCCc1ccc(N(CCCC(=O)Nc2ccc(Cc3ccncc3)cc2)S(C)(=O)=O)cc1. The number of rotatable bonds is 12. The smallest absolute Gasteiger partial charge is 0.232 e. The van der Waals surface area contributed by atoms with Gasteiger partial charge in [0.2, 0.25) is 15.9 Å². The average molecular weight is 480 g/mol. The first-order valence-electron chi connectivity index (χ1n) is 11.7. The summed E-state index contributed by atoms with van der Waals surface area (Å²) in [4.78, 5) is 16.4. The van der Waals surface area contributed by atoms with E-state index >= 15 is 0 Å². The molecule has 0 saturated heterocycles. The number of pyridine rings is 1. The van der Waals surface area contributed by atoms with Crippen molar-refractivity contribution in [1.29, 1.82) is 0 Å². The van der Waals surface area contributed by atoms with Crippen LogP contribution in [0.2, 0.25) is 0 Å². The van der Waals surface area contributed by atoms with Crippen LogP contribution >= 0.6 is 0 Å².